The molecule has 1 aliphatic carbocycles. The van der Waals surface area contributed by atoms with Gasteiger partial charge in [0.2, 0.25) is 0 Å². The molecule has 2 nitrogen and oxygen atoms in total. The summed E-state index contributed by atoms with van der Waals surface area (Å²) in [6.45, 7) is 1.12. The number of hydrogen-bond donors (Lipinski definition) is 2. The fourth-order valence-electron chi connectivity index (χ4n) is 3.03. The highest BCUT2D eigenvalue weighted by Crippen LogP contribution is 2.27. The predicted octanol–water partition coefficient (Wildman–Crippen LogP) is 3.79. The summed E-state index contributed by atoms with van der Waals surface area (Å²) >= 11 is 0. The Kier molecular flexibility index (Phi) is 3.21. The molecule has 0 aromatic heterocycles. The van der Waals surface area contributed by atoms with E-state index in [1.807, 2.05) is 0 Å². The van der Waals surface area contributed by atoms with E-state index in [2.05, 4.69) is 28.8 Å². The largest absolute Gasteiger partial charge is 0.385 e. The van der Waals surface area contributed by atoms with Crippen LogP contribution in [0.4, 0.5) is 11.4 Å². The van der Waals surface area contributed by atoms with E-state index in [1.165, 1.54) is 61.9 Å². The van der Waals surface area contributed by atoms with E-state index in [9.17, 15) is 0 Å². The number of hydrogen-bond acceptors (Lipinski definition) is 2. The predicted molar refractivity (Wildman–Crippen MR) is 73.7 cm³/mol. The maximum Gasteiger partial charge on any atom is 0.0393 e. The van der Waals surface area contributed by atoms with Crippen molar-refractivity contribution in [3.8, 4) is 0 Å². The van der Waals surface area contributed by atoms with Crippen molar-refractivity contribution in [2.45, 2.75) is 51.0 Å². The monoisotopic (exact) mass is 230 g/mol. The molecule has 1 aliphatic heterocycles. The molecule has 0 saturated heterocycles. The topological polar surface area (TPSA) is 24.1 Å². The average Bonchev–Trinajstić information content (AvgIpc) is 2.40. The number of fused-ring (bicyclic) bond motifs is 1. The minimum Gasteiger partial charge on any atom is -0.385 e. The van der Waals surface area contributed by atoms with Gasteiger partial charge in [-0.3, -0.25) is 0 Å². The first kappa shape index (κ1) is 10.9. The second-order valence-corrected chi connectivity index (χ2v) is 5.38. The zero-order chi connectivity index (χ0) is 11.5. The summed E-state index contributed by atoms with van der Waals surface area (Å²) in [5.74, 6) is 0. The van der Waals surface area contributed by atoms with Crippen LogP contribution < -0.4 is 10.6 Å². The lowest BCUT2D eigenvalue weighted by molar-refractivity contribution is 0.463. The van der Waals surface area contributed by atoms with Gasteiger partial charge in [0.15, 0.2) is 0 Å². The molecule has 2 N–H and O–H groups in total. The smallest absolute Gasteiger partial charge is 0.0393 e. The van der Waals surface area contributed by atoms with Gasteiger partial charge in [-0.15, -0.1) is 0 Å². The van der Waals surface area contributed by atoms with Crippen molar-refractivity contribution in [3.63, 3.8) is 0 Å². The molecule has 0 unspecified atom stereocenters. The molecule has 1 fully saturated rings. The Bertz CT molecular complexity index is 381. The van der Waals surface area contributed by atoms with Crippen molar-refractivity contribution < 1.29 is 0 Å². The van der Waals surface area contributed by atoms with Gasteiger partial charge in [-0.25, -0.2) is 0 Å². The van der Waals surface area contributed by atoms with Crippen molar-refractivity contribution in [3.05, 3.63) is 23.8 Å². The molecule has 0 spiro atoms. The molecule has 0 bridgehead atoms. The Labute approximate surface area is 104 Å². The Morgan fingerprint density at radius 3 is 2.82 bits per heavy atom. The van der Waals surface area contributed by atoms with Crippen LogP contribution in [0.15, 0.2) is 18.2 Å². The van der Waals surface area contributed by atoms with Gasteiger partial charge in [0.25, 0.3) is 0 Å². The van der Waals surface area contributed by atoms with E-state index in [-0.39, 0.29) is 0 Å². The van der Waals surface area contributed by atoms with Crippen molar-refractivity contribution >= 4 is 11.4 Å². The average molecular weight is 230 g/mol. The van der Waals surface area contributed by atoms with Gasteiger partial charge in [-0.2, -0.15) is 0 Å². The van der Waals surface area contributed by atoms with Crippen LogP contribution in [0, 0.1) is 0 Å². The van der Waals surface area contributed by atoms with Gasteiger partial charge in [0.1, 0.15) is 0 Å². The van der Waals surface area contributed by atoms with Gasteiger partial charge in [0, 0.05) is 24.0 Å². The maximum absolute atomic E-state index is 3.69. The zero-order valence-electron chi connectivity index (χ0n) is 10.5. The van der Waals surface area contributed by atoms with Crippen LogP contribution in [-0.4, -0.2) is 12.6 Å². The third kappa shape index (κ3) is 2.56. The first-order valence-corrected chi connectivity index (χ1v) is 7.05. The second kappa shape index (κ2) is 4.99. The maximum atomic E-state index is 3.69. The molecule has 0 atom stereocenters. The summed E-state index contributed by atoms with van der Waals surface area (Å²) in [6, 6.07) is 7.53. The van der Waals surface area contributed by atoms with Gasteiger partial charge < -0.3 is 10.6 Å². The minimum absolute atomic E-state index is 0.699. The second-order valence-electron chi connectivity index (χ2n) is 5.38. The van der Waals surface area contributed by atoms with Crippen molar-refractivity contribution in [2.75, 3.05) is 17.2 Å². The highest BCUT2D eigenvalue weighted by molar-refractivity contribution is 5.62. The number of aryl methyl sites for hydroxylation is 1. The molecule has 3 rings (SSSR count). The SMILES string of the molecule is c1cc2c(cc1NC1CCCCC1)NCCC2. The summed E-state index contributed by atoms with van der Waals surface area (Å²) in [5.41, 5.74) is 4.12. The fourth-order valence-corrected chi connectivity index (χ4v) is 3.03. The molecular formula is C15H22N2. The van der Waals surface area contributed by atoms with Crippen molar-refractivity contribution in [2.24, 2.45) is 0 Å². The summed E-state index contributed by atoms with van der Waals surface area (Å²) in [4.78, 5) is 0. The van der Waals surface area contributed by atoms with Crippen LogP contribution in [-0.2, 0) is 6.42 Å². The van der Waals surface area contributed by atoms with E-state index in [1.54, 1.807) is 0 Å². The Morgan fingerprint density at radius 2 is 1.94 bits per heavy atom. The van der Waals surface area contributed by atoms with Crippen molar-refractivity contribution in [1.82, 2.24) is 0 Å². The Hall–Kier alpha value is -1.18. The molecular weight excluding hydrogens is 208 g/mol. The van der Waals surface area contributed by atoms with Gasteiger partial charge >= 0.3 is 0 Å². The summed E-state index contributed by atoms with van der Waals surface area (Å²) in [5, 5.41) is 7.19. The lowest BCUT2D eigenvalue weighted by atomic mass is 9.95. The van der Waals surface area contributed by atoms with Crippen LogP contribution in [0.2, 0.25) is 0 Å². The van der Waals surface area contributed by atoms with E-state index in [0.717, 1.165) is 6.54 Å². The molecule has 92 valence electrons. The normalized spacial score (nSPS) is 20.5. The summed E-state index contributed by atoms with van der Waals surface area (Å²) in [7, 11) is 0. The van der Waals surface area contributed by atoms with Crippen molar-refractivity contribution in [1.29, 1.82) is 0 Å². The molecule has 0 amide bonds. The third-order valence-corrected chi connectivity index (χ3v) is 4.02. The highest BCUT2D eigenvalue weighted by atomic mass is 14.9. The lowest BCUT2D eigenvalue weighted by Crippen LogP contribution is -2.22. The number of rotatable bonds is 2. The van der Waals surface area contributed by atoms with Crippen LogP contribution in [0.5, 0.6) is 0 Å². The first-order valence-electron chi connectivity index (χ1n) is 7.05. The highest BCUT2D eigenvalue weighted by Gasteiger charge is 2.14. The molecule has 1 heterocycles. The molecule has 2 heteroatoms. The van der Waals surface area contributed by atoms with Crippen LogP contribution in [0.25, 0.3) is 0 Å². The van der Waals surface area contributed by atoms with E-state index >= 15 is 0 Å². The molecule has 17 heavy (non-hydrogen) atoms. The standard InChI is InChI=1S/C15H22N2/c1-2-6-13(7-3-1)17-14-9-8-12-5-4-10-16-15(12)11-14/h8-9,11,13,16-17H,1-7,10H2. The summed E-state index contributed by atoms with van der Waals surface area (Å²) in [6.07, 6.45) is 9.37. The van der Waals surface area contributed by atoms with Crippen LogP contribution in [0.1, 0.15) is 44.1 Å². The van der Waals surface area contributed by atoms with Gasteiger partial charge in [-0.05, 0) is 43.4 Å². The fraction of sp³-hybridized carbons (Fsp3) is 0.600. The number of nitrogens with one attached hydrogen (secondary N) is 2. The first-order chi connectivity index (χ1) is 8.42. The van der Waals surface area contributed by atoms with E-state index < -0.39 is 0 Å². The van der Waals surface area contributed by atoms with Gasteiger partial charge in [-0.1, -0.05) is 25.3 Å². The lowest BCUT2D eigenvalue weighted by Gasteiger charge is -2.25. The zero-order valence-corrected chi connectivity index (χ0v) is 10.5. The Balaban J connectivity index is 1.70. The number of benzene rings is 1. The number of anilines is 2. The minimum atomic E-state index is 0.699. The molecule has 0 radical (unpaired) electrons. The molecule has 1 aromatic carbocycles. The molecule has 2 aliphatic rings. The van der Waals surface area contributed by atoms with E-state index in [4.69, 9.17) is 0 Å². The van der Waals surface area contributed by atoms with Crippen LogP contribution in [0.3, 0.4) is 0 Å². The molecule has 1 aromatic rings. The van der Waals surface area contributed by atoms with Crippen LogP contribution >= 0.6 is 0 Å². The molecule has 1 saturated carbocycles. The summed E-state index contributed by atoms with van der Waals surface area (Å²) < 4.78 is 0. The Morgan fingerprint density at radius 1 is 1.06 bits per heavy atom. The van der Waals surface area contributed by atoms with E-state index in [0.29, 0.717) is 6.04 Å². The van der Waals surface area contributed by atoms with Gasteiger partial charge in [0.05, 0.1) is 0 Å². The quantitative estimate of drug-likeness (QED) is 0.807. The third-order valence-electron chi connectivity index (χ3n) is 4.02.